The molecule has 1 heterocycles. The molecule has 0 atom stereocenters. The number of ether oxygens (including phenoxy) is 2. The molecular weight excluding hydrogens is 522 g/mol. The summed E-state index contributed by atoms with van der Waals surface area (Å²) in [6.07, 6.45) is 1.15. The van der Waals surface area contributed by atoms with E-state index in [1.807, 2.05) is 0 Å². The zero-order chi connectivity index (χ0) is 21.0. The van der Waals surface area contributed by atoms with Crippen LogP contribution in [0.25, 0.3) is 6.08 Å². The van der Waals surface area contributed by atoms with E-state index in [0.717, 1.165) is 16.7 Å². The Morgan fingerprint density at radius 3 is 2.39 bits per heavy atom. The first-order valence-corrected chi connectivity index (χ1v) is 10.3. The Labute approximate surface area is 181 Å². The van der Waals surface area contributed by atoms with Crippen LogP contribution in [0.5, 0.6) is 5.75 Å². The molecule has 0 aromatic heterocycles. The lowest BCUT2D eigenvalue weighted by Crippen LogP contribution is -2.35. The molecule has 0 unspecified atom stereocenters. The molecule has 0 aliphatic carbocycles. The van der Waals surface area contributed by atoms with Gasteiger partial charge in [0.25, 0.3) is 11.1 Å². The molecule has 1 aliphatic heterocycles. The maximum atomic E-state index is 12.5. The summed E-state index contributed by atoms with van der Waals surface area (Å²) in [5, 5.41) is 8.16. The Bertz CT molecular complexity index is 846. The first kappa shape index (κ1) is 22.4. The predicted molar refractivity (Wildman–Crippen MR) is 109 cm³/mol. The second-order valence-corrected chi connectivity index (χ2v) is 8.50. The van der Waals surface area contributed by atoms with E-state index < -0.39 is 36.2 Å². The van der Waals surface area contributed by atoms with E-state index in [0.29, 0.717) is 20.3 Å². The summed E-state index contributed by atoms with van der Waals surface area (Å²) in [6, 6.07) is 3.23. The van der Waals surface area contributed by atoms with Crippen molar-refractivity contribution in [2.75, 3.05) is 13.2 Å². The maximum absolute atomic E-state index is 12.5. The first-order chi connectivity index (χ1) is 13.1. The Morgan fingerprint density at radius 1 is 1.25 bits per heavy atom. The molecule has 1 N–H and O–H groups in total. The van der Waals surface area contributed by atoms with Gasteiger partial charge in [0.05, 0.1) is 20.0 Å². The highest BCUT2D eigenvalue weighted by molar-refractivity contribution is 9.11. The third-order valence-electron chi connectivity index (χ3n) is 3.19. The summed E-state index contributed by atoms with van der Waals surface area (Å²) in [5.74, 6) is -2.07. The Morgan fingerprint density at radius 2 is 1.86 bits per heavy atom. The molecule has 8 nitrogen and oxygen atoms in total. The topological polar surface area (TPSA) is 110 Å². The molecule has 0 bridgehead atoms. The van der Waals surface area contributed by atoms with Crippen molar-refractivity contribution in [3.05, 3.63) is 31.5 Å². The number of esters is 1. The zero-order valence-electron chi connectivity index (χ0n) is 14.7. The number of carbonyl (C=O) groups excluding carboxylic acids is 3. The van der Waals surface area contributed by atoms with E-state index in [2.05, 4.69) is 31.9 Å². The number of thioether (sulfide) groups is 1. The Kier molecular flexibility index (Phi) is 7.67. The van der Waals surface area contributed by atoms with Crippen molar-refractivity contribution < 1.29 is 33.8 Å². The Hall–Kier alpha value is -1.85. The number of carbonyl (C=O) groups is 4. The second kappa shape index (κ2) is 9.57. The molecule has 0 spiro atoms. The van der Waals surface area contributed by atoms with Gasteiger partial charge in [-0.3, -0.25) is 19.3 Å². The highest BCUT2D eigenvalue weighted by atomic mass is 79.9. The van der Waals surface area contributed by atoms with Crippen LogP contribution < -0.4 is 4.74 Å². The number of imide groups is 1. The second-order valence-electron chi connectivity index (χ2n) is 5.80. The normalized spacial score (nSPS) is 15.5. The molecule has 1 aromatic rings. The summed E-state index contributed by atoms with van der Waals surface area (Å²) >= 11 is 7.29. The molecule has 2 amide bonds. The van der Waals surface area contributed by atoms with Crippen LogP contribution in [-0.2, 0) is 19.1 Å². The van der Waals surface area contributed by atoms with Crippen LogP contribution in [0.4, 0.5) is 4.79 Å². The number of amides is 2. The lowest BCUT2D eigenvalue weighted by Gasteiger charge is -2.13. The molecular formula is C17H15Br2NO7S. The molecule has 150 valence electrons. The molecule has 28 heavy (non-hydrogen) atoms. The number of hydrogen-bond acceptors (Lipinski definition) is 7. The highest BCUT2D eigenvalue weighted by Crippen LogP contribution is 2.37. The van der Waals surface area contributed by atoms with Gasteiger partial charge in [0.1, 0.15) is 12.3 Å². The number of aliphatic carboxylic acids is 1. The number of halogens is 2. The van der Waals surface area contributed by atoms with Crippen molar-refractivity contribution in [1.82, 2.24) is 4.90 Å². The number of carboxylic acid groups (broad SMARTS) is 1. The van der Waals surface area contributed by atoms with E-state index >= 15 is 0 Å². The third kappa shape index (κ3) is 5.82. The molecule has 1 saturated heterocycles. The van der Waals surface area contributed by atoms with Crippen molar-refractivity contribution in [3.8, 4) is 5.75 Å². The lowest BCUT2D eigenvalue weighted by atomic mass is 10.2. The van der Waals surface area contributed by atoms with Crippen molar-refractivity contribution >= 4 is 72.8 Å². The summed E-state index contributed by atoms with van der Waals surface area (Å²) in [4.78, 5) is 47.9. The van der Waals surface area contributed by atoms with E-state index in [9.17, 15) is 19.2 Å². The minimum atomic E-state index is -1.12. The number of carboxylic acids is 1. The summed E-state index contributed by atoms with van der Waals surface area (Å²) < 4.78 is 11.1. The van der Waals surface area contributed by atoms with Crippen LogP contribution in [0.1, 0.15) is 19.4 Å². The van der Waals surface area contributed by atoms with Crippen molar-refractivity contribution in [2.45, 2.75) is 20.0 Å². The van der Waals surface area contributed by atoms with Gasteiger partial charge in [-0.15, -0.1) is 0 Å². The average Bonchev–Trinajstić information content (AvgIpc) is 2.80. The lowest BCUT2D eigenvalue weighted by molar-refractivity contribution is -0.149. The first-order valence-electron chi connectivity index (χ1n) is 7.87. The van der Waals surface area contributed by atoms with E-state index in [1.165, 1.54) is 6.08 Å². The fourth-order valence-electron chi connectivity index (χ4n) is 2.15. The fourth-order valence-corrected chi connectivity index (χ4v) is 4.44. The summed E-state index contributed by atoms with van der Waals surface area (Å²) in [7, 11) is 0. The largest absolute Gasteiger partial charge is 0.480 e. The van der Waals surface area contributed by atoms with E-state index in [4.69, 9.17) is 14.6 Å². The van der Waals surface area contributed by atoms with Crippen LogP contribution in [0.3, 0.4) is 0 Å². The highest BCUT2D eigenvalue weighted by Gasteiger charge is 2.36. The predicted octanol–water partition coefficient (Wildman–Crippen LogP) is 3.66. The minimum Gasteiger partial charge on any atom is -0.480 e. The monoisotopic (exact) mass is 535 g/mol. The smallest absolute Gasteiger partial charge is 0.341 e. The number of benzene rings is 1. The molecule has 11 heteroatoms. The van der Waals surface area contributed by atoms with Crippen LogP contribution in [0, 0.1) is 0 Å². The Balaban J connectivity index is 2.19. The minimum absolute atomic E-state index is 0.153. The van der Waals surface area contributed by atoms with Crippen molar-refractivity contribution in [3.63, 3.8) is 0 Å². The summed E-state index contributed by atoms with van der Waals surface area (Å²) in [5.41, 5.74) is 0.566. The van der Waals surface area contributed by atoms with Crippen LogP contribution in [-0.4, -0.2) is 52.3 Å². The fraction of sp³-hybridized carbons (Fsp3) is 0.294. The molecule has 1 fully saturated rings. The van der Waals surface area contributed by atoms with Crippen LogP contribution >= 0.6 is 43.6 Å². The SMILES string of the molecule is CC(C)OC(=O)CN1C(=O)S/C(=C\c2cc(Br)c(OCC(=O)O)c(Br)c2)C1=O. The molecule has 0 radical (unpaired) electrons. The van der Waals surface area contributed by atoms with Gasteiger partial charge in [-0.2, -0.15) is 0 Å². The summed E-state index contributed by atoms with van der Waals surface area (Å²) in [6.45, 7) is 2.38. The van der Waals surface area contributed by atoms with Gasteiger partial charge < -0.3 is 14.6 Å². The van der Waals surface area contributed by atoms with E-state index in [1.54, 1.807) is 26.0 Å². The third-order valence-corrected chi connectivity index (χ3v) is 5.27. The maximum Gasteiger partial charge on any atom is 0.341 e. The van der Waals surface area contributed by atoms with Gasteiger partial charge in [0, 0.05) is 0 Å². The molecule has 1 aromatic carbocycles. The van der Waals surface area contributed by atoms with Gasteiger partial charge in [-0.1, -0.05) is 0 Å². The van der Waals surface area contributed by atoms with Gasteiger partial charge in [-0.05, 0) is 81.2 Å². The number of rotatable bonds is 7. The van der Waals surface area contributed by atoms with Crippen molar-refractivity contribution in [2.24, 2.45) is 0 Å². The van der Waals surface area contributed by atoms with Crippen LogP contribution in [0.15, 0.2) is 26.0 Å². The van der Waals surface area contributed by atoms with Gasteiger partial charge in [0.15, 0.2) is 6.61 Å². The van der Waals surface area contributed by atoms with Crippen LogP contribution in [0.2, 0.25) is 0 Å². The number of nitrogens with zero attached hydrogens (tertiary/aromatic N) is 1. The van der Waals surface area contributed by atoms with Gasteiger partial charge in [0.2, 0.25) is 0 Å². The van der Waals surface area contributed by atoms with Gasteiger partial charge in [-0.25, -0.2) is 4.79 Å². The number of hydrogen-bond donors (Lipinski definition) is 1. The molecule has 1 aliphatic rings. The average molecular weight is 537 g/mol. The van der Waals surface area contributed by atoms with Crippen molar-refractivity contribution in [1.29, 1.82) is 0 Å². The molecule has 0 saturated carbocycles. The quantitative estimate of drug-likeness (QED) is 0.415. The van der Waals surface area contributed by atoms with Gasteiger partial charge >= 0.3 is 11.9 Å². The molecule has 2 rings (SSSR count). The zero-order valence-corrected chi connectivity index (χ0v) is 18.7. The standard InChI is InChI=1S/C17H15Br2NO7S/c1-8(2)27-14(23)6-20-16(24)12(28-17(20)25)5-9-3-10(18)15(11(19)4-9)26-7-13(21)22/h3-5,8H,6-7H2,1-2H3,(H,21,22)/b12-5-. The van der Waals surface area contributed by atoms with E-state index in [-0.39, 0.29) is 11.0 Å².